The van der Waals surface area contributed by atoms with Gasteiger partial charge in [-0.25, -0.2) is 0 Å². The van der Waals surface area contributed by atoms with E-state index >= 15 is 0 Å². The number of aryl methyl sites for hydroxylation is 1. The van der Waals surface area contributed by atoms with Crippen molar-refractivity contribution in [2.75, 3.05) is 0 Å². The van der Waals surface area contributed by atoms with Crippen molar-refractivity contribution in [3.8, 4) is 0 Å². The first-order valence-corrected chi connectivity index (χ1v) is 5.87. The molecule has 2 rings (SSSR count). The van der Waals surface area contributed by atoms with Crippen LogP contribution in [0.15, 0.2) is 48.5 Å². The van der Waals surface area contributed by atoms with Gasteiger partial charge in [0, 0.05) is 0 Å². The first-order valence-electron chi connectivity index (χ1n) is 5.87. The van der Waals surface area contributed by atoms with Crippen molar-refractivity contribution in [3.05, 3.63) is 70.8 Å². The van der Waals surface area contributed by atoms with Crippen LogP contribution in [0.5, 0.6) is 0 Å². The normalized spacial score (nSPS) is 13.3. The summed E-state index contributed by atoms with van der Waals surface area (Å²) < 4.78 is 37.4. The molecule has 0 saturated carbocycles. The fraction of sp³-hybridized carbons (Fsp3) is 0.200. The molecule has 100 valence electrons. The Labute approximate surface area is 109 Å². The fourth-order valence-electron chi connectivity index (χ4n) is 1.85. The van der Waals surface area contributed by atoms with Crippen molar-refractivity contribution in [2.24, 2.45) is 5.73 Å². The molecular weight excluding hydrogens is 251 g/mol. The Kier molecular flexibility index (Phi) is 3.62. The summed E-state index contributed by atoms with van der Waals surface area (Å²) in [6, 6.07) is 12.2. The summed E-state index contributed by atoms with van der Waals surface area (Å²) in [5.74, 6) is 0. The molecule has 0 fully saturated rings. The highest BCUT2D eigenvalue weighted by atomic mass is 19.4. The van der Waals surface area contributed by atoms with Crippen LogP contribution in [-0.4, -0.2) is 0 Å². The third-order valence-corrected chi connectivity index (χ3v) is 3.03. The van der Waals surface area contributed by atoms with Crippen LogP contribution in [0.2, 0.25) is 0 Å². The van der Waals surface area contributed by atoms with Gasteiger partial charge in [0.15, 0.2) is 0 Å². The Hall–Kier alpha value is -1.81. The molecule has 1 nitrogen and oxygen atoms in total. The van der Waals surface area contributed by atoms with Crippen LogP contribution in [-0.2, 0) is 6.18 Å². The lowest BCUT2D eigenvalue weighted by Crippen LogP contribution is -2.12. The van der Waals surface area contributed by atoms with E-state index in [0.29, 0.717) is 5.56 Å². The summed E-state index contributed by atoms with van der Waals surface area (Å²) >= 11 is 0. The van der Waals surface area contributed by atoms with Gasteiger partial charge in [0.2, 0.25) is 0 Å². The monoisotopic (exact) mass is 265 g/mol. The minimum absolute atomic E-state index is 0.414. The van der Waals surface area contributed by atoms with Crippen molar-refractivity contribution < 1.29 is 13.2 Å². The second-order valence-electron chi connectivity index (χ2n) is 4.51. The van der Waals surface area contributed by atoms with Crippen molar-refractivity contribution in [1.82, 2.24) is 0 Å². The number of rotatable bonds is 2. The molecule has 2 aromatic rings. The van der Waals surface area contributed by atoms with Crippen LogP contribution in [0.1, 0.15) is 28.3 Å². The second-order valence-corrected chi connectivity index (χ2v) is 4.51. The fourth-order valence-corrected chi connectivity index (χ4v) is 1.85. The third-order valence-electron chi connectivity index (χ3n) is 3.03. The number of hydrogen-bond acceptors (Lipinski definition) is 1. The summed E-state index contributed by atoms with van der Waals surface area (Å²) in [6.07, 6.45) is -4.31. The Bertz CT molecular complexity index is 541. The zero-order chi connectivity index (χ0) is 14.0. The lowest BCUT2D eigenvalue weighted by Gasteiger charge is -2.14. The van der Waals surface area contributed by atoms with Gasteiger partial charge in [-0.3, -0.25) is 0 Å². The first-order chi connectivity index (χ1) is 8.88. The van der Waals surface area contributed by atoms with Gasteiger partial charge in [0.25, 0.3) is 0 Å². The molecule has 0 aliphatic rings. The number of hydrogen-bond donors (Lipinski definition) is 1. The summed E-state index contributed by atoms with van der Waals surface area (Å²) in [7, 11) is 0. The maximum Gasteiger partial charge on any atom is 0.416 e. The van der Waals surface area contributed by atoms with E-state index < -0.39 is 17.8 Å². The largest absolute Gasteiger partial charge is 0.416 e. The minimum Gasteiger partial charge on any atom is -0.320 e. The summed E-state index contributed by atoms with van der Waals surface area (Å²) in [6.45, 7) is 1.97. The van der Waals surface area contributed by atoms with Crippen molar-refractivity contribution in [3.63, 3.8) is 0 Å². The molecule has 4 heteroatoms. The van der Waals surface area contributed by atoms with Gasteiger partial charge in [-0.05, 0) is 30.2 Å². The van der Waals surface area contributed by atoms with Crippen LogP contribution in [0.4, 0.5) is 13.2 Å². The molecule has 0 radical (unpaired) electrons. The van der Waals surface area contributed by atoms with Crippen LogP contribution in [0.25, 0.3) is 0 Å². The molecule has 0 aliphatic carbocycles. The quantitative estimate of drug-likeness (QED) is 0.870. The Morgan fingerprint density at radius 1 is 0.842 bits per heavy atom. The first kappa shape index (κ1) is 13.6. The zero-order valence-corrected chi connectivity index (χ0v) is 10.4. The Morgan fingerprint density at radius 2 is 1.26 bits per heavy atom. The molecule has 0 spiro atoms. The summed E-state index contributed by atoms with van der Waals surface area (Å²) in [5.41, 5.74) is 8.04. The standard InChI is InChI=1S/C15H14F3N/c1-10-2-4-11(5-3-10)14(19)12-6-8-13(9-7-12)15(16,17)18/h2-9,14H,19H2,1H3/t14-/m1/s1. The van der Waals surface area contributed by atoms with Crippen LogP contribution >= 0.6 is 0 Å². The van der Waals surface area contributed by atoms with Crippen molar-refractivity contribution >= 4 is 0 Å². The maximum absolute atomic E-state index is 12.5. The predicted molar refractivity (Wildman–Crippen MR) is 68.7 cm³/mol. The molecule has 0 amide bonds. The van der Waals surface area contributed by atoms with Gasteiger partial charge in [-0.2, -0.15) is 13.2 Å². The van der Waals surface area contributed by atoms with Gasteiger partial charge in [-0.15, -0.1) is 0 Å². The number of benzene rings is 2. The van der Waals surface area contributed by atoms with E-state index in [2.05, 4.69) is 0 Å². The van der Waals surface area contributed by atoms with Crippen LogP contribution < -0.4 is 5.73 Å². The zero-order valence-electron chi connectivity index (χ0n) is 10.4. The van der Waals surface area contributed by atoms with Crippen LogP contribution in [0, 0.1) is 6.92 Å². The summed E-state index contributed by atoms with van der Waals surface area (Å²) in [4.78, 5) is 0. The molecule has 19 heavy (non-hydrogen) atoms. The molecule has 0 heterocycles. The van der Waals surface area contributed by atoms with E-state index in [1.807, 2.05) is 31.2 Å². The highest BCUT2D eigenvalue weighted by molar-refractivity contribution is 5.34. The Morgan fingerprint density at radius 3 is 1.68 bits per heavy atom. The average molecular weight is 265 g/mol. The molecule has 0 unspecified atom stereocenters. The molecular formula is C15H14F3N. The molecule has 0 aliphatic heterocycles. The van der Waals surface area contributed by atoms with E-state index in [-0.39, 0.29) is 0 Å². The SMILES string of the molecule is Cc1ccc([C@@H](N)c2ccc(C(F)(F)F)cc2)cc1. The molecule has 0 aromatic heterocycles. The van der Waals surface area contributed by atoms with Gasteiger partial charge < -0.3 is 5.73 Å². The van der Waals surface area contributed by atoms with E-state index in [9.17, 15) is 13.2 Å². The van der Waals surface area contributed by atoms with E-state index in [4.69, 9.17) is 5.73 Å². The Balaban J connectivity index is 2.25. The predicted octanol–water partition coefficient (Wildman–Crippen LogP) is 4.06. The van der Waals surface area contributed by atoms with E-state index in [1.54, 1.807) is 0 Å². The number of alkyl halides is 3. The lowest BCUT2D eigenvalue weighted by atomic mass is 9.98. The molecule has 2 N–H and O–H groups in total. The molecule has 0 saturated heterocycles. The van der Waals surface area contributed by atoms with Gasteiger partial charge >= 0.3 is 6.18 Å². The maximum atomic E-state index is 12.5. The average Bonchev–Trinajstić information content (AvgIpc) is 2.38. The van der Waals surface area contributed by atoms with Gasteiger partial charge in [-0.1, -0.05) is 42.0 Å². The number of halogens is 3. The smallest absolute Gasteiger partial charge is 0.320 e. The molecule has 1 atom stereocenters. The second kappa shape index (κ2) is 5.05. The van der Waals surface area contributed by atoms with Crippen molar-refractivity contribution in [1.29, 1.82) is 0 Å². The van der Waals surface area contributed by atoms with E-state index in [1.165, 1.54) is 12.1 Å². The topological polar surface area (TPSA) is 26.0 Å². The highest BCUT2D eigenvalue weighted by Gasteiger charge is 2.30. The van der Waals surface area contributed by atoms with E-state index in [0.717, 1.165) is 23.3 Å². The highest BCUT2D eigenvalue weighted by Crippen LogP contribution is 2.30. The minimum atomic E-state index is -4.31. The molecule has 2 aromatic carbocycles. The number of nitrogens with two attached hydrogens (primary N) is 1. The lowest BCUT2D eigenvalue weighted by molar-refractivity contribution is -0.137. The van der Waals surface area contributed by atoms with Gasteiger partial charge in [0.1, 0.15) is 0 Å². The van der Waals surface area contributed by atoms with Crippen LogP contribution in [0.3, 0.4) is 0 Å². The third kappa shape index (κ3) is 3.15. The van der Waals surface area contributed by atoms with Crippen molar-refractivity contribution in [2.45, 2.75) is 19.1 Å². The summed E-state index contributed by atoms with van der Waals surface area (Å²) in [5, 5.41) is 0. The van der Waals surface area contributed by atoms with Gasteiger partial charge in [0.05, 0.1) is 11.6 Å². The molecule has 0 bridgehead atoms.